The van der Waals surface area contributed by atoms with E-state index in [1.807, 2.05) is 6.92 Å². The first-order valence-electron chi connectivity index (χ1n) is 8.29. The van der Waals surface area contributed by atoms with Crippen molar-refractivity contribution in [3.8, 4) is 5.75 Å². The van der Waals surface area contributed by atoms with Gasteiger partial charge in [-0.05, 0) is 45.9 Å². The van der Waals surface area contributed by atoms with Gasteiger partial charge in [-0.3, -0.25) is 4.79 Å². The van der Waals surface area contributed by atoms with Crippen molar-refractivity contribution in [2.75, 3.05) is 26.7 Å². The number of rotatable bonds is 4. The molecule has 1 aromatic carbocycles. The average Bonchev–Trinajstić information content (AvgIpc) is 2.52. The third-order valence-corrected chi connectivity index (χ3v) is 5.68. The van der Waals surface area contributed by atoms with Crippen molar-refractivity contribution < 1.29 is 17.9 Å². The van der Waals surface area contributed by atoms with E-state index < -0.39 is 15.6 Å². The fourth-order valence-corrected chi connectivity index (χ4v) is 4.40. The maximum atomic E-state index is 12.8. The van der Waals surface area contributed by atoms with Gasteiger partial charge < -0.3 is 15.0 Å². The second-order valence-electron chi connectivity index (χ2n) is 7.27. The summed E-state index contributed by atoms with van der Waals surface area (Å²) in [6, 6.07) is 4.57. The van der Waals surface area contributed by atoms with E-state index in [-0.39, 0.29) is 22.6 Å². The Bertz CT molecular complexity index is 741. The van der Waals surface area contributed by atoms with E-state index >= 15 is 0 Å². The maximum Gasteiger partial charge on any atom is 0.254 e. The van der Waals surface area contributed by atoms with Crippen LogP contribution in [0.25, 0.3) is 0 Å². The number of carbonyl (C=O) groups is 1. The van der Waals surface area contributed by atoms with Crippen LogP contribution < -0.4 is 14.8 Å². The highest BCUT2D eigenvalue weighted by atomic mass is 32.2. The van der Waals surface area contributed by atoms with Gasteiger partial charge in [0.15, 0.2) is 0 Å². The lowest BCUT2D eigenvalue weighted by Gasteiger charge is -2.34. The third kappa shape index (κ3) is 4.71. The molecule has 0 aromatic heterocycles. The van der Waals surface area contributed by atoms with Crippen LogP contribution in [-0.4, -0.2) is 57.5 Å². The van der Waals surface area contributed by atoms with E-state index in [4.69, 9.17) is 4.74 Å². The lowest BCUT2D eigenvalue weighted by atomic mass is 10.1. The van der Waals surface area contributed by atoms with Gasteiger partial charge in [-0.15, -0.1) is 0 Å². The minimum atomic E-state index is -3.82. The Balaban J connectivity index is 2.41. The predicted molar refractivity (Wildman–Crippen MR) is 96.4 cm³/mol. The first-order valence-corrected chi connectivity index (χ1v) is 9.77. The fourth-order valence-electron chi connectivity index (χ4n) is 2.79. The van der Waals surface area contributed by atoms with Crippen LogP contribution in [0.1, 0.15) is 38.1 Å². The van der Waals surface area contributed by atoms with E-state index in [1.54, 1.807) is 31.7 Å². The summed E-state index contributed by atoms with van der Waals surface area (Å²) in [4.78, 5) is 14.5. The largest absolute Gasteiger partial charge is 0.495 e. The highest BCUT2D eigenvalue weighted by molar-refractivity contribution is 7.89. The first-order chi connectivity index (χ1) is 11.5. The van der Waals surface area contributed by atoms with Gasteiger partial charge in [0.05, 0.1) is 7.11 Å². The number of benzene rings is 1. The van der Waals surface area contributed by atoms with Crippen LogP contribution in [-0.2, 0) is 10.0 Å². The predicted octanol–water partition coefficient (Wildman–Crippen LogP) is 1.21. The van der Waals surface area contributed by atoms with Crippen molar-refractivity contribution in [3.05, 3.63) is 23.8 Å². The van der Waals surface area contributed by atoms with Gasteiger partial charge in [-0.25, -0.2) is 13.1 Å². The number of sulfonamides is 1. The molecule has 1 atom stereocenters. The molecule has 0 aliphatic carbocycles. The molecular weight excluding hydrogens is 342 g/mol. The highest BCUT2D eigenvalue weighted by Crippen LogP contribution is 2.27. The van der Waals surface area contributed by atoms with Crippen LogP contribution in [0.15, 0.2) is 23.1 Å². The topological polar surface area (TPSA) is 87.7 Å². The van der Waals surface area contributed by atoms with Crippen molar-refractivity contribution in [2.45, 2.75) is 44.2 Å². The van der Waals surface area contributed by atoms with Crippen LogP contribution >= 0.6 is 0 Å². The molecule has 1 amide bonds. The lowest BCUT2D eigenvalue weighted by molar-refractivity contribution is 0.0655. The summed E-state index contributed by atoms with van der Waals surface area (Å²) in [6.07, 6.45) is 0. The molecule has 1 aromatic rings. The third-order valence-electron chi connectivity index (χ3n) is 3.90. The summed E-state index contributed by atoms with van der Waals surface area (Å²) < 4.78 is 33.2. The molecule has 1 heterocycles. The Morgan fingerprint density at radius 2 is 2.04 bits per heavy atom. The van der Waals surface area contributed by atoms with Gasteiger partial charge in [0, 0.05) is 36.8 Å². The van der Waals surface area contributed by atoms with Gasteiger partial charge in [-0.2, -0.15) is 0 Å². The fraction of sp³-hybridized carbons (Fsp3) is 0.588. The van der Waals surface area contributed by atoms with Crippen LogP contribution in [0.4, 0.5) is 0 Å². The van der Waals surface area contributed by atoms with Gasteiger partial charge in [0.25, 0.3) is 5.91 Å². The standard InChI is InChI=1S/C17H27N3O4S/c1-12-11-18-8-9-20(12)16(21)13-6-7-14(24-5)15(10-13)25(22,23)19-17(2,3)4/h6-7,10,12,18-19H,8-9,11H2,1-5H3/t12-/m1/s1. The summed E-state index contributed by atoms with van der Waals surface area (Å²) in [5.74, 6) is 0.0329. The van der Waals surface area contributed by atoms with Crippen molar-refractivity contribution in [2.24, 2.45) is 0 Å². The van der Waals surface area contributed by atoms with E-state index in [0.717, 1.165) is 13.1 Å². The van der Waals surface area contributed by atoms with Crippen molar-refractivity contribution >= 4 is 15.9 Å². The number of ether oxygens (including phenoxy) is 1. The maximum absolute atomic E-state index is 12.8. The second kappa shape index (κ2) is 7.31. The monoisotopic (exact) mass is 369 g/mol. The summed E-state index contributed by atoms with van der Waals surface area (Å²) >= 11 is 0. The minimum absolute atomic E-state index is 0.0291. The molecule has 1 fully saturated rings. The number of nitrogens with zero attached hydrogens (tertiary/aromatic N) is 1. The molecule has 140 valence electrons. The Labute approximate surface area is 149 Å². The number of amides is 1. The quantitative estimate of drug-likeness (QED) is 0.833. The summed E-state index contributed by atoms with van der Waals surface area (Å²) in [7, 11) is -2.41. The molecule has 0 radical (unpaired) electrons. The van der Waals surface area contributed by atoms with E-state index in [9.17, 15) is 13.2 Å². The molecule has 2 N–H and O–H groups in total. The zero-order chi connectivity index (χ0) is 18.8. The van der Waals surface area contributed by atoms with Crippen LogP contribution in [0.3, 0.4) is 0 Å². The molecule has 7 nitrogen and oxygen atoms in total. The van der Waals surface area contributed by atoms with Gasteiger partial charge in [0.1, 0.15) is 10.6 Å². The molecular formula is C17H27N3O4S. The summed E-state index contributed by atoms with van der Waals surface area (Å²) in [5, 5.41) is 3.23. The number of nitrogens with one attached hydrogen (secondary N) is 2. The Kier molecular flexibility index (Phi) is 5.75. The Morgan fingerprint density at radius 3 is 2.60 bits per heavy atom. The molecule has 8 heteroatoms. The summed E-state index contributed by atoms with van der Waals surface area (Å²) in [6.45, 7) is 9.28. The molecule has 0 saturated carbocycles. The van der Waals surface area contributed by atoms with Crippen molar-refractivity contribution in [1.82, 2.24) is 14.9 Å². The smallest absolute Gasteiger partial charge is 0.254 e. The Hall–Kier alpha value is -1.64. The van der Waals surface area contributed by atoms with Gasteiger partial charge >= 0.3 is 0 Å². The average molecular weight is 369 g/mol. The zero-order valence-electron chi connectivity index (χ0n) is 15.4. The first kappa shape index (κ1) is 19.7. The normalized spacial score (nSPS) is 18.9. The molecule has 25 heavy (non-hydrogen) atoms. The highest BCUT2D eigenvalue weighted by Gasteiger charge is 2.29. The van der Waals surface area contributed by atoms with Crippen molar-refractivity contribution in [1.29, 1.82) is 0 Å². The minimum Gasteiger partial charge on any atom is -0.495 e. The zero-order valence-corrected chi connectivity index (χ0v) is 16.2. The molecule has 1 aliphatic rings. The number of hydrogen-bond acceptors (Lipinski definition) is 5. The molecule has 2 rings (SSSR count). The number of piperazine rings is 1. The Morgan fingerprint density at radius 1 is 1.36 bits per heavy atom. The molecule has 1 saturated heterocycles. The van der Waals surface area contributed by atoms with Crippen LogP contribution in [0, 0.1) is 0 Å². The number of hydrogen-bond donors (Lipinski definition) is 2. The molecule has 1 aliphatic heterocycles. The van der Waals surface area contributed by atoms with Gasteiger partial charge in [-0.1, -0.05) is 0 Å². The van der Waals surface area contributed by atoms with Crippen molar-refractivity contribution in [3.63, 3.8) is 0 Å². The van der Waals surface area contributed by atoms with E-state index in [2.05, 4.69) is 10.0 Å². The molecule has 0 unspecified atom stereocenters. The summed E-state index contributed by atoms with van der Waals surface area (Å²) in [5.41, 5.74) is -0.305. The van der Waals surface area contributed by atoms with Crippen LogP contribution in [0.5, 0.6) is 5.75 Å². The van der Waals surface area contributed by atoms with Gasteiger partial charge in [0.2, 0.25) is 10.0 Å². The second-order valence-corrected chi connectivity index (χ2v) is 8.92. The SMILES string of the molecule is COc1ccc(C(=O)N2CCNC[C@H]2C)cc1S(=O)(=O)NC(C)(C)C. The number of methoxy groups -OCH3 is 1. The van der Waals surface area contributed by atoms with E-state index in [0.29, 0.717) is 12.1 Å². The molecule has 0 spiro atoms. The number of carbonyl (C=O) groups excluding carboxylic acids is 1. The van der Waals surface area contributed by atoms with E-state index in [1.165, 1.54) is 19.2 Å². The van der Waals surface area contributed by atoms with Crippen LogP contribution in [0.2, 0.25) is 0 Å². The lowest BCUT2D eigenvalue weighted by Crippen LogP contribution is -2.52. The molecule has 0 bridgehead atoms.